The molecule has 3 aromatic rings. The van der Waals surface area contributed by atoms with Crippen molar-refractivity contribution in [2.45, 2.75) is 13.8 Å². The monoisotopic (exact) mass is 257 g/mol. The number of nitrogens with zero attached hydrogens (tertiary/aromatic N) is 3. The van der Waals surface area contributed by atoms with E-state index in [1.807, 2.05) is 37.3 Å². The molecule has 0 saturated carbocycles. The zero-order valence-corrected chi connectivity index (χ0v) is 10.9. The first-order valence-corrected chi connectivity index (χ1v) is 6.12. The van der Waals surface area contributed by atoms with Crippen molar-refractivity contribution in [3.63, 3.8) is 0 Å². The fraction of sp³-hybridized carbons (Fsp3) is 0.143. The Morgan fingerprint density at radius 2 is 1.89 bits per heavy atom. The van der Waals surface area contributed by atoms with Crippen molar-refractivity contribution in [2.75, 3.05) is 0 Å². The molecule has 0 N–H and O–H groups in total. The van der Waals surface area contributed by atoms with Crippen molar-refractivity contribution in [1.82, 2.24) is 14.6 Å². The van der Waals surface area contributed by atoms with E-state index in [1.165, 1.54) is 5.56 Å². The number of halogens is 1. The van der Waals surface area contributed by atoms with Crippen molar-refractivity contribution in [3.8, 4) is 11.3 Å². The lowest BCUT2D eigenvalue weighted by molar-refractivity contribution is 0.919. The van der Waals surface area contributed by atoms with E-state index in [-0.39, 0.29) is 0 Å². The molecule has 90 valence electrons. The van der Waals surface area contributed by atoms with Crippen LogP contribution in [-0.4, -0.2) is 14.6 Å². The van der Waals surface area contributed by atoms with Gasteiger partial charge in [-0.25, -0.2) is 9.50 Å². The van der Waals surface area contributed by atoms with Gasteiger partial charge < -0.3 is 0 Å². The average molecular weight is 258 g/mol. The Labute approximate surface area is 110 Å². The van der Waals surface area contributed by atoms with E-state index in [0.717, 1.165) is 22.6 Å². The Bertz CT molecular complexity index is 731. The number of hydrogen-bond donors (Lipinski definition) is 0. The fourth-order valence-electron chi connectivity index (χ4n) is 2.05. The van der Waals surface area contributed by atoms with Crippen LogP contribution in [0.25, 0.3) is 16.9 Å². The summed E-state index contributed by atoms with van der Waals surface area (Å²) in [5.74, 6) is 0. The average Bonchev–Trinajstić information content (AvgIpc) is 2.71. The lowest BCUT2D eigenvalue weighted by atomic mass is 10.1. The molecule has 3 rings (SSSR count). The molecule has 0 spiro atoms. The second kappa shape index (κ2) is 4.10. The van der Waals surface area contributed by atoms with Gasteiger partial charge in [0.25, 0.3) is 0 Å². The first-order valence-electron chi connectivity index (χ1n) is 5.74. The molecule has 0 radical (unpaired) electrons. The Morgan fingerprint density at radius 1 is 1.11 bits per heavy atom. The number of rotatable bonds is 1. The third-order valence-corrected chi connectivity index (χ3v) is 3.20. The van der Waals surface area contributed by atoms with Gasteiger partial charge in [-0.1, -0.05) is 35.9 Å². The van der Waals surface area contributed by atoms with Gasteiger partial charge in [0.05, 0.1) is 11.4 Å². The van der Waals surface area contributed by atoms with Crippen molar-refractivity contribution in [1.29, 1.82) is 0 Å². The summed E-state index contributed by atoms with van der Waals surface area (Å²) in [6, 6.07) is 11.9. The quantitative estimate of drug-likeness (QED) is 0.623. The van der Waals surface area contributed by atoms with Gasteiger partial charge in [-0.3, -0.25) is 0 Å². The molecule has 0 aliphatic carbocycles. The van der Waals surface area contributed by atoms with Crippen LogP contribution >= 0.6 is 11.6 Å². The fourth-order valence-corrected chi connectivity index (χ4v) is 2.28. The molecule has 2 aromatic heterocycles. The number of fused-ring (bicyclic) bond motifs is 1. The van der Waals surface area contributed by atoms with E-state index < -0.39 is 0 Å². The van der Waals surface area contributed by atoms with E-state index in [9.17, 15) is 0 Å². The van der Waals surface area contributed by atoms with E-state index in [4.69, 9.17) is 11.6 Å². The van der Waals surface area contributed by atoms with Crippen molar-refractivity contribution < 1.29 is 0 Å². The van der Waals surface area contributed by atoms with Crippen molar-refractivity contribution >= 4 is 17.2 Å². The molecule has 1 aromatic carbocycles. The summed E-state index contributed by atoms with van der Waals surface area (Å²) in [6.45, 7) is 4.00. The molecule has 18 heavy (non-hydrogen) atoms. The summed E-state index contributed by atoms with van der Waals surface area (Å²) in [7, 11) is 0. The normalized spacial score (nSPS) is 11.1. The first kappa shape index (κ1) is 11.2. The zero-order valence-electron chi connectivity index (χ0n) is 10.2. The summed E-state index contributed by atoms with van der Waals surface area (Å²) >= 11 is 6.24. The predicted molar refractivity (Wildman–Crippen MR) is 72.9 cm³/mol. The smallest absolute Gasteiger partial charge is 0.157 e. The highest BCUT2D eigenvalue weighted by atomic mass is 35.5. The molecule has 0 aliphatic rings. The minimum atomic E-state index is 0.575. The summed E-state index contributed by atoms with van der Waals surface area (Å²) in [6.07, 6.45) is 0. The Balaban J connectivity index is 2.28. The minimum Gasteiger partial charge on any atom is -0.228 e. The van der Waals surface area contributed by atoms with Crippen LogP contribution in [0.15, 0.2) is 36.4 Å². The summed E-state index contributed by atoms with van der Waals surface area (Å²) < 4.78 is 1.65. The highest BCUT2D eigenvalue weighted by Gasteiger charge is 2.09. The Hall–Kier alpha value is -1.87. The highest BCUT2D eigenvalue weighted by Crippen LogP contribution is 2.25. The van der Waals surface area contributed by atoms with Gasteiger partial charge in [-0.2, -0.15) is 5.10 Å². The molecule has 2 heterocycles. The molecule has 0 aliphatic heterocycles. The molecule has 0 unspecified atom stereocenters. The molecular formula is C14H12ClN3. The van der Waals surface area contributed by atoms with Crippen molar-refractivity contribution in [2.24, 2.45) is 0 Å². The number of aromatic nitrogens is 3. The number of aryl methyl sites for hydroxylation is 2. The zero-order chi connectivity index (χ0) is 12.7. The lowest BCUT2D eigenvalue weighted by Gasteiger charge is -2.06. The van der Waals surface area contributed by atoms with E-state index >= 15 is 0 Å². The maximum absolute atomic E-state index is 6.24. The summed E-state index contributed by atoms with van der Waals surface area (Å²) in [4.78, 5) is 4.60. The minimum absolute atomic E-state index is 0.575. The highest BCUT2D eigenvalue weighted by molar-refractivity contribution is 6.30. The second-order valence-electron chi connectivity index (χ2n) is 4.33. The van der Waals surface area contributed by atoms with Gasteiger partial charge in [-0.15, -0.1) is 0 Å². The maximum Gasteiger partial charge on any atom is 0.157 e. The van der Waals surface area contributed by atoms with Crippen LogP contribution in [0, 0.1) is 13.8 Å². The van der Waals surface area contributed by atoms with Crippen LogP contribution in [0.5, 0.6) is 0 Å². The molecule has 0 amide bonds. The molecule has 0 fully saturated rings. The van der Waals surface area contributed by atoms with Gasteiger partial charge in [0.15, 0.2) is 5.65 Å². The summed E-state index contributed by atoms with van der Waals surface area (Å²) in [5, 5.41) is 4.87. The molecule has 0 atom stereocenters. The molecule has 0 saturated heterocycles. The van der Waals surface area contributed by atoms with Gasteiger partial charge in [0, 0.05) is 17.7 Å². The SMILES string of the molecule is Cc1cc2nc(-c3ccccc3C)cc(Cl)n2n1. The van der Waals surface area contributed by atoms with Crippen LogP contribution in [0.1, 0.15) is 11.3 Å². The Kier molecular flexibility index (Phi) is 2.56. The van der Waals surface area contributed by atoms with Gasteiger partial charge in [-0.05, 0) is 19.4 Å². The molecular weight excluding hydrogens is 246 g/mol. The lowest BCUT2D eigenvalue weighted by Crippen LogP contribution is -1.95. The molecule has 3 nitrogen and oxygen atoms in total. The second-order valence-corrected chi connectivity index (χ2v) is 4.72. The molecule has 4 heteroatoms. The van der Waals surface area contributed by atoms with Gasteiger partial charge >= 0.3 is 0 Å². The predicted octanol–water partition coefficient (Wildman–Crippen LogP) is 3.67. The number of hydrogen-bond acceptors (Lipinski definition) is 2. The Morgan fingerprint density at radius 3 is 2.67 bits per heavy atom. The first-order chi connectivity index (χ1) is 8.65. The largest absolute Gasteiger partial charge is 0.228 e. The number of benzene rings is 1. The van der Waals surface area contributed by atoms with Crippen molar-refractivity contribution in [3.05, 3.63) is 52.8 Å². The van der Waals surface area contributed by atoms with E-state index in [0.29, 0.717) is 5.15 Å². The molecule has 0 bridgehead atoms. The third kappa shape index (κ3) is 1.77. The van der Waals surface area contributed by atoms with Gasteiger partial charge in [0.2, 0.25) is 0 Å². The van der Waals surface area contributed by atoms with E-state index in [1.54, 1.807) is 4.52 Å². The van der Waals surface area contributed by atoms with E-state index in [2.05, 4.69) is 23.1 Å². The maximum atomic E-state index is 6.24. The topological polar surface area (TPSA) is 30.2 Å². The van der Waals surface area contributed by atoms with Crippen LogP contribution < -0.4 is 0 Å². The third-order valence-electron chi connectivity index (χ3n) is 2.93. The standard InChI is InChI=1S/C14H12ClN3/c1-9-5-3-4-6-11(9)12-8-13(15)18-14(16-12)7-10(2)17-18/h3-8H,1-2H3. The van der Waals surface area contributed by atoms with Crippen LogP contribution in [0.3, 0.4) is 0 Å². The van der Waals surface area contributed by atoms with Crippen LogP contribution in [-0.2, 0) is 0 Å². The summed E-state index contributed by atoms with van der Waals surface area (Å²) in [5.41, 5.74) is 4.84. The van der Waals surface area contributed by atoms with Crippen LogP contribution in [0.2, 0.25) is 5.15 Å². The van der Waals surface area contributed by atoms with Crippen LogP contribution in [0.4, 0.5) is 0 Å². The van der Waals surface area contributed by atoms with Gasteiger partial charge in [0.1, 0.15) is 5.15 Å².